The molecule has 7 heteroatoms. The molecule has 0 unspecified atom stereocenters. The van der Waals surface area contributed by atoms with E-state index in [-0.39, 0.29) is 31.0 Å². The van der Waals surface area contributed by atoms with Crippen molar-refractivity contribution >= 4 is 17.6 Å². The molecule has 1 saturated heterocycles. The summed E-state index contributed by atoms with van der Waals surface area (Å²) < 4.78 is 5.38. The summed E-state index contributed by atoms with van der Waals surface area (Å²) in [7, 11) is 0. The smallest absolute Gasteiger partial charge is 0.315 e. The number of rotatable bonds is 7. The molecule has 2 rings (SSSR count). The van der Waals surface area contributed by atoms with Gasteiger partial charge >= 0.3 is 6.03 Å². The van der Waals surface area contributed by atoms with E-state index in [1.807, 2.05) is 31.2 Å². The number of benzene rings is 1. The highest BCUT2D eigenvalue weighted by atomic mass is 16.5. The fraction of sp³-hybridized carbons (Fsp3) is 0.500. The van der Waals surface area contributed by atoms with Gasteiger partial charge in [-0.15, -0.1) is 0 Å². The first kappa shape index (κ1) is 17.1. The second-order valence-electron chi connectivity index (χ2n) is 5.31. The van der Waals surface area contributed by atoms with Crippen LogP contribution in [-0.4, -0.2) is 49.4 Å². The third kappa shape index (κ3) is 4.85. The van der Waals surface area contributed by atoms with Crippen LogP contribution in [0.3, 0.4) is 0 Å². The summed E-state index contributed by atoms with van der Waals surface area (Å²) >= 11 is 0. The lowest BCUT2D eigenvalue weighted by atomic mass is 10.2. The van der Waals surface area contributed by atoms with Crippen LogP contribution in [0.5, 0.6) is 5.75 Å². The summed E-state index contributed by atoms with van der Waals surface area (Å²) in [5, 5.41) is 14.1. The summed E-state index contributed by atoms with van der Waals surface area (Å²) in [5.74, 6) is 0.746. The number of aliphatic hydroxyl groups is 1. The molecule has 0 aliphatic carbocycles. The topological polar surface area (TPSA) is 90.9 Å². The molecule has 0 spiro atoms. The fourth-order valence-electron chi connectivity index (χ4n) is 2.46. The lowest BCUT2D eigenvalue weighted by Crippen LogP contribution is -2.43. The predicted molar refractivity (Wildman–Crippen MR) is 86.6 cm³/mol. The molecule has 0 aromatic heterocycles. The lowest BCUT2D eigenvalue weighted by Gasteiger charge is -2.18. The molecule has 3 amide bonds. The number of hydrogen-bond donors (Lipinski definition) is 3. The molecule has 1 fully saturated rings. The fourth-order valence-corrected chi connectivity index (χ4v) is 2.46. The van der Waals surface area contributed by atoms with Crippen LogP contribution >= 0.6 is 0 Å². The number of anilines is 1. The van der Waals surface area contributed by atoms with E-state index < -0.39 is 0 Å². The van der Waals surface area contributed by atoms with Gasteiger partial charge in [-0.05, 0) is 37.6 Å². The maximum atomic E-state index is 12.1. The number of hydrogen-bond acceptors (Lipinski definition) is 4. The molecular formula is C16H23N3O4. The number of carbonyl (C=O) groups is 2. The van der Waals surface area contributed by atoms with Crippen molar-refractivity contribution in [1.29, 1.82) is 0 Å². The molecule has 1 atom stereocenters. The van der Waals surface area contributed by atoms with Crippen molar-refractivity contribution in [2.75, 3.05) is 31.2 Å². The van der Waals surface area contributed by atoms with Gasteiger partial charge in [0.15, 0.2) is 0 Å². The Morgan fingerprint density at radius 2 is 2.13 bits per heavy atom. The van der Waals surface area contributed by atoms with Crippen molar-refractivity contribution in [2.24, 2.45) is 0 Å². The van der Waals surface area contributed by atoms with E-state index in [4.69, 9.17) is 9.84 Å². The first-order valence-corrected chi connectivity index (χ1v) is 7.82. The van der Waals surface area contributed by atoms with E-state index in [0.717, 1.165) is 11.4 Å². The Morgan fingerprint density at radius 1 is 1.39 bits per heavy atom. The summed E-state index contributed by atoms with van der Waals surface area (Å²) in [6, 6.07) is 6.80. The van der Waals surface area contributed by atoms with Gasteiger partial charge in [-0.25, -0.2) is 4.79 Å². The first-order chi connectivity index (χ1) is 11.1. The molecule has 0 bridgehead atoms. The van der Waals surface area contributed by atoms with Gasteiger partial charge in [0.1, 0.15) is 5.75 Å². The van der Waals surface area contributed by atoms with E-state index in [1.165, 1.54) is 0 Å². The van der Waals surface area contributed by atoms with Crippen LogP contribution in [0.1, 0.15) is 19.8 Å². The summed E-state index contributed by atoms with van der Waals surface area (Å²) in [6.45, 7) is 3.40. The maximum Gasteiger partial charge on any atom is 0.315 e. The van der Waals surface area contributed by atoms with Crippen molar-refractivity contribution in [3.05, 3.63) is 24.3 Å². The number of aliphatic hydroxyl groups excluding tert-OH is 1. The van der Waals surface area contributed by atoms with Gasteiger partial charge in [0.2, 0.25) is 5.91 Å². The Balaban J connectivity index is 1.88. The summed E-state index contributed by atoms with van der Waals surface area (Å²) in [6.07, 6.45) is 0.788. The third-order valence-electron chi connectivity index (χ3n) is 3.54. The van der Waals surface area contributed by atoms with Gasteiger partial charge in [-0.1, -0.05) is 0 Å². The highest BCUT2D eigenvalue weighted by Crippen LogP contribution is 2.24. The lowest BCUT2D eigenvalue weighted by molar-refractivity contribution is -0.117. The molecule has 1 aromatic carbocycles. The highest BCUT2D eigenvalue weighted by molar-refractivity contribution is 5.96. The largest absolute Gasteiger partial charge is 0.494 e. The molecule has 1 aliphatic rings. The van der Waals surface area contributed by atoms with Gasteiger partial charge in [0, 0.05) is 31.8 Å². The van der Waals surface area contributed by atoms with E-state index >= 15 is 0 Å². The van der Waals surface area contributed by atoms with Crippen molar-refractivity contribution < 1.29 is 19.4 Å². The quantitative estimate of drug-likeness (QED) is 0.650. The second-order valence-corrected chi connectivity index (χ2v) is 5.31. The third-order valence-corrected chi connectivity index (χ3v) is 3.54. The van der Waals surface area contributed by atoms with Crippen LogP contribution in [0.2, 0.25) is 0 Å². The molecule has 126 valence electrons. The highest BCUT2D eigenvalue weighted by Gasteiger charge is 2.31. The van der Waals surface area contributed by atoms with Crippen molar-refractivity contribution in [3.8, 4) is 5.75 Å². The van der Waals surface area contributed by atoms with Crippen LogP contribution in [0, 0.1) is 0 Å². The van der Waals surface area contributed by atoms with E-state index in [2.05, 4.69) is 10.6 Å². The Bertz CT molecular complexity index is 533. The minimum absolute atomic E-state index is 0.0187. The van der Waals surface area contributed by atoms with Crippen molar-refractivity contribution in [1.82, 2.24) is 10.6 Å². The number of urea groups is 1. The number of nitrogens with zero attached hydrogens (tertiary/aromatic N) is 1. The van der Waals surface area contributed by atoms with Gasteiger partial charge in [0.25, 0.3) is 0 Å². The minimum atomic E-state index is -0.315. The SMILES string of the molecule is CCOc1ccc(N2C[C@@H](NC(=O)NCCCO)CC2=O)cc1. The zero-order valence-corrected chi connectivity index (χ0v) is 13.2. The molecule has 3 N–H and O–H groups in total. The number of amides is 3. The molecule has 1 heterocycles. The summed E-state index contributed by atoms with van der Waals surface area (Å²) in [5.41, 5.74) is 0.795. The molecule has 7 nitrogen and oxygen atoms in total. The van der Waals surface area contributed by atoms with Crippen LogP contribution in [0.25, 0.3) is 0 Å². The standard InChI is InChI=1S/C16H23N3O4/c1-2-23-14-6-4-13(5-7-14)19-11-12(10-15(19)21)18-16(22)17-8-3-9-20/h4-7,12,20H,2-3,8-11H2,1H3,(H2,17,18,22)/t12-/m0/s1. The monoisotopic (exact) mass is 321 g/mol. The molecular weight excluding hydrogens is 298 g/mol. The molecule has 1 aromatic rings. The van der Waals surface area contributed by atoms with Crippen molar-refractivity contribution in [3.63, 3.8) is 0 Å². The Labute approximate surface area is 135 Å². The van der Waals surface area contributed by atoms with E-state index in [9.17, 15) is 9.59 Å². The Morgan fingerprint density at radius 3 is 2.78 bits per heavy atom. The second kappa shape index (κ2) is 8.38. The van der Waals surface area contributed by atoms with Gasteiger partial charge in [-0.2, -0.15) is 0 Å². The Kier molecular flexibility index (Phi) is 6.22. The van der Waals surface area contributed by atoms with Crippen LogP contribution in [0.15, 0.2) is 24.3 Å². The molecule has 0 saturated carbocycles. The van der Waals surface area contributed by atoms with Crippen LogP contribution in [-0.2, 0) is 4.79 Å². The first-order valence-electron chi connectivity index (χ1n) is 7.82. The van der Waals surface area contributed by atoms with Crippen LogP contribution in [0.4, 0.5) is 10.5 Å². The van der Waals surface area contributed by atoms with Crippen molar-refractivity contribution in [2.45, 2.75) is 25.8 Å². The summed E-state index contributed by atoms with van der Waals surface area (Å²) in [4.78, 5) is 25.5. The number of nitrogens with one attached hydrogen (secondary N) is 2. The average molecular weight is 321 g/mol. The molecule has 0 radical (unpaired) electrons. The maximum absolute atomic E-state index is 12.1. The predicted octanol–water partition coefficient (Wildman–Crippen LogP) is 0.872. The zero-order valence-electron chi connectivity index (χ0n) is 13.2. The van der Waals surface area contributed by atoms with Gasteiger partial charge in [-0.3, -0.25) is 4.79 Å². The Hall–Kier alpha value is -2.28. The van der Waals surface area contributed by atoms with E-state index in [1.54, 1.807) is 4.90 Å². The van der Waals surface area contributed by atoms with Gasteiger partial charge < -0.3 is 25.4 Å². The van der Waals surface area contributed by atoms with E-state index in [0.29, 0.717) is 26.1 Å². The molecule has 1 aliphatic heterocycles. The minimum Gasteiger partial charge on any atom is -0.494 e. The number of ether oxygens (including phenoxy) is 1. The average Bonchev–Trinajstić information content (AvgIpc) is 2.89. The van der Waals surface area contributed by atoms with Crippen LogP contribution < -0.4 is 20.3 Å². The van der Waals surface area contributed by atoms with Gasteiger partial charge in [0.05, 0.1) is 12.6 Å². The normalized spacial score (nSPS) is 17.2. The number of carbonyl (C=O) groups excluding carboxylic acids is 2. The molecule has 23 heavy (non-hydrogen) atoms. The zero-order chi connectivity index (χ0) is 16.7.